The van der Waals surface area contributed by atoms with Crippen molar-refractivity contribution in [2.75, 3.05) is 23.9 Å². The second kappa shape index (κ2) is 5.25. The summed E-state index contributed by atoms with van der Waals surface area (Å²) in [7, 11) is -2.98. The van der Waals surface area contributed by atoms with E-state index in [0.29, 0.717) is 18.7 Å². The Kier molecular flexibility index (Phi) is 4.23. The molecule has 0 saturated heterocycles. The normalized spacial score (nSPS) is 11.4. The van der Waals surface area contributed by atoms with Gasteiger partial charge in [0.15, 0.2) is 0 Å². The molecule has 0 radical (unpaired) electrons. The number of rotatable bonds is 5. The Morgan fingerprint density at radius 2 is 1.75 bits per heavy atom. The molecule has 0 fully saturated rings. The van der Waals surface area contributed by atoms with Gasteiger partial charge in [0.05, 0.1) is 5.75 Å². The molecule has 0 aromatic heterocycles. The first-order chi connectivity index (χ1) is 7.37. The molecule has 3 nitrogen and oxygen atoms in total. The molecular formula is C10H13F2NO2S. The van der Waals surface area contributed by atoms with Crippen molar-refractivity contribution in [3.63, 3.8) is 0 Å². The van der Waals surface area contributed by atoms with Crippen LogP contribution in [0.1, 0.15) is 6.42 Å². The van der Waals surface area contributed by atoms with Crippen LogP contribution >= 0.6 is 0 Å². The third-order valence-electron chi connectivity index (χ3n) is 1.88. The highest BCUT2D eigenvalue weighted by Gasteiger charge is 2.02. The van der Waals surface area contributed by atoms with Gasteiger partial charge in [0.2, 0.25) is 0 Å². The number of hydrogen-bond donors (Lipinski definition) is 1. The molecule has 1 aromatic carbocycles. The summed E-state index contributed by atoms with van der Waals surface area (Å²) in [6.07, 6.45) is 1.55. The summed E-state index contributed by atoms with van der Waals surface area (Å²) < 4.78 is 47.1. The predicted molar refractivity (Wildman–Crippen MR) is 59.2 cm³/mol. The van der Waals surface area contributed by atoms with E-state index in [-0.39, 0.29) is 5.75 Å². The molecule has 0 spiro atoms. The number of nitrogens with one attached hydrogen (secondary N) is 1. The van der Waals surface area contributed by atoms with Crippen molar-refractivity contribution in [3.05, 3.63) is 29.8 Å². The van der Waals surface area contributed by atoms with Crippen LogP contribution in [0.25, 0.3) is 0 Å². The SMILES string of the molecule is CS(=O)(=O)CCCNc1cc(F)cc(F)c1. The van der Waals surface area contributed by atoms with E-state index in [2.05, 4.69) is 5.32 Å². The van der Waals surface area contributed by atoms with Crippen molar-refractivity contribution in [3.8, 4) is 0 Å². The highest BCUT2D eigenvalue weighted by atomic mass is 32.2. The lowest BCUT2D eigenvalue weighted by Gasteiger charge is -2.06. The van der Waals surface area contributed by atoms with Crippen LogP contribution in [0.5, 0.6) is 0 Å². The Balaban J connectivity index is 2.43. The first-order valence-electron chi connectivity index (χ1n) is 4.74. The first-order valence-corrected chi connectivity index (χ1v) is 6.80. The van der Waals surface area contributed by atoms with Gasteiger partial charge in [-0.3, -0.25) is 0 Å². The number of anilines is 1. The Morgan fingerprint density at radius 1 is 1.19 bits per heavy atom. The van der Waals surface area contributed by atoms with E-state index in [1.807, 2.05) is 0 Å². The fraction of sp³-hybridized carbons (Fsp3) is 0.400. The maximum atomic E-state index is 12.8. The molecule has 90 valence electrons. The second-order valence-corrected chi connectivity index (χ2v) is 5.83. The van der Waals surface area contributed by atoms with Gasteiger partial charge in [-0.15, -0.1) is 0 Å². The van der Waals surface area contributed by atoms with Gasteiger partial charge in [0.25, 0.3) is 0 Å². The summed E-state index contributed by atoms with van der Waals surface area (Å²) >= 11 is 0. The molecular weight excluding hydrogens is 236 g/mol. The molecule has 0 aliphatic carbocycles. The molecule has 0 atom stereocenters. The van der Waals surface area contributed by atoms with Gasteiger partial charge in [-0.1, -0.05) is 0 Å². The van der Waals surface area contributed by atoms with Crippen molar-refractivity contribution in [2.45, 2.75) is 6.42 Å². The van der Waals surface area contributed by atoms with E-state index in [0.717, 1.165) is 24.5 Å². The minimum Gasteiger partial charge on any atom is -0.385 e. The summed E-state index contributed by atoms with van der Waals surface area (Å²) in [4.78, 5) is 0. The topological polar surface area (TPSA) is 46.2 Å². The highest BCUT2D eigenvalue weighted by Crippen LogP contribution is 2.12. The molecule has 1 rings (SSSR count). The molecule has 0 aliphatic rings. The predicted octanol–water partition coefficient (Wildman–Crippen LogP) is 1.81. The lowest BCUT2D eigenvalue weighted by atomic mass is 10.3. The maximum Gasteiger partial charge on any atom is 0.147 e. The van der Waals surface area contributed by atoms with Crippen molar-refractivity contribution < 1.29 is 17.2 Å². The van der Waals surface area contributed by atoms with Gasteiger partial charge in [-0.2, -0.15) is 0 Å². The van der Waals surface area contributed by atoms with E-state index in [9.17, 15) is 17.2 Å². The number of halogens is 2. The van der Waals surface area contributed by atoms with Crippen LogP contribution in [0.3, 0.4) is 0 Å². The number of benzene rings is 1. The molecule has 1 aromatic rings. The van der Waals surface area contributed by atoms with E-state index in [1.165, 1.54) is 0 Å². The first kappa shape index (κ1) is 12.9. The van der Waals surface area contributed by atoms with E-state index >= 15 is 0 Å². The third-order valence-corrected chi connectivity index (χ3v) is 2.91. The fourth-order valence-corrected chi connectivity index (χ4v) is 1.89. The maximum absolute atomic E-state index is 12.8. The van der Waals surface area contributed by atoms with E-state index < -0.39 is 21.5 Å². The summed E-state index contributed by atoms with van der Waals surface area (Å²) in [5.41, 5.74) is 0.311. The second-order valence-electron chi connectivity index (χ2n) is 3.57. The van der Waals surface area contributed by atoms with Crippen molar-refractivity contribution in [1.82, 2.24) is 0 Å². The van der Waals surface area contributed by atoms with E-state index in [4.69, 9.17) is 0 Å². The number of sulfone groups is 1. The molecule has 0 saturated carbocycles. The van der Waals surface area contributed by atoms with Gasteiger partial charge in [-0.05, 0) is 18.6 Å². The minimum absolute atomic E-state index is 0.0534. The van der Waals surface area contributed by atoms with Crippen LogP contribution in [0, 0.1) is 11.6 Å². The largest absolute Gasteiger partial charge is 0.385 e. The smallest absolute Gasteiger partial charge is 0.147 e. The van der Waals surface area contributed by atoms with Crippen molar-refractivity contribution >= 4 is 15.5 Å². The van der Waals surface area contributed by atoms with Gasteiger partial charge >= 0.3 is 0 Å². The van der Waals surface area contributed by atoms with Crippen molar-refractivity contribution in [2.24, 2.45) is 0 Å². The Labute approximate surface area is 93.4 Å². The zero-order chi connectivity index (χ0) is 12.2. The Hall–Kier alpha value is -1.17. The van der Waals surface area contributed by atoms with Crippen LogP contribution < -0.4 is 5.32 Å². The monoisotopic (exact) mass is 249 g/mol. The highest BCUT2D eigenvalue weighted by molar-refractivity contribution is 7.90. The average molecular weight is 249 g/mol. The van der Waals surface area contributed by atoms with Crippen LogP contribution in [-0.4, -0.2) is 27.0 Å². The molecule has 0 heterocycles. The van der Waals surface area contributed by atoms with Gasteiger partial charge in [-0.25, -0.2) is 17.2 Å². The standard InChI is InChI=1S/C10H13F2NO2S/c1-16(14,15)4-2-3-13-10-6-8(11)5-9(12)7-10/h5-7,13H,2-4H2,1H3. The van der Waals surface area contributed by atoms with E-state index in [1.54, 1.807) is 0 Å². The third kappa shape index (κ3) is 5.06. The number of hydrogen-bond acceptors (Lipinski definition) is 3. The lowest BCUT2D eigenvalue weighted by molar-refractivity contribution is 0.583. The molecule has 0 amide bonds. The van der Waals surface area contributed by atoms with Crippen molar-refractivity contribution in [1.29, 1.82) is 0 Å². The Morgan fingerprint density at radius 3 is 2.25 bits per heavy atom. The molecule has 0 unspecified atom stereocenters. The van der Waals surface area contributed by atoms with Crippen LogP contribution in [0.15, 0.2) is 18.2 Å². The van der Waals surface area contributed by atoms with Gasteiger partial charge in [0.1, 0.15) is 21.5 Å². The Bertz CT molecular complexity index is 440. The molecule has 16 heavy (non-hydrogen) atoms. The zero-order valence-electron chi connectivity index (χ0n) is 8.83. The molecule has 1 N–H and O–H groups in total. The van der Waals surface area contributed by atoms with Gasteiger partial charge < -0.3 is 5.32 Å². The summed E-state index contributed by atoms with van der Waals surface area (Å²) in [6.45, 7) is 0.357. The zero-order valence-corrected chi connectivity index (χ0v) is 9.65. The molecule has 6 heteroatoms. The van der Waals surface area contributed by atoms with Crippen LogP contribution in [-0.2, 0) is 9.84 Å². The lowest BCUT2D eigenvalue weighted by Crippen LogP contribution is -2.09. The van der Waals surface area contributed by atoms with Gasteiger partial charge in [0, 0.05) is 24.6 Å². The molecule has 0 bridgehead atoms. The molecule has 0 aliphatic heterocycles. The fourth-order valence-electron chi connectivity index (χ4n) is 1.22. The minimum atomic E-state index is -2.98. The summed E-state index contributed by atoms with van der Waals surface area (Å²) in [6, 6.07) is 3.09. The van der Waals surface area contributed by atoms with Crippen LogP contribution in [0.2, 0.25) is 0 Å². The average Bonchev–Trinajstić information content (AvgIpc) is 2.09. The summed E-state index contributed by atoms with van der Waals surface area (Å²) in [5, 5.41) is 2.75. The van der Waals surface area contributed by atoms with Crippen LogP contribution in [0.4, 0.5) is 14.5 Å². The summed E-state index contributed by atoms with van der Waals surface area (Å²) in [5.74, 6) is -1.27. The quantitative estimate of drug-likeness (QED) is 0.809.